The third-order valence-electron chi connectivity index (χ3n) is 6.57. The van der Waals surface area contributed by atoms with E-state index in [9.17, 15) is 9.59 Å². The SMILES string of the molecule is CNc1cc(Nc2cccn([C@H]3CCCOC3)c2=O)nc2c(C(=O)NC3CC[C@H]3OC)cnn12. The lowest BCUT2D eigenvalue weighted by molar-refractivity contribution is 0.00732. The first kappa shape index (κ1) is 22.4. The van der Waals surface area contributed by atoms with Gasteiger partial charge in [-0.3, -0.25) is 9.59 Å². The van der Waals surface area contributed by atoms with Crippen LogP contribution in [0.25, 0.3) is 5.65 Å². The summed E-state index contributed by atoms with van der Waals surface area (Å²) >= 11 is 0. The van der Waals surface area contributed by atoms with Gasteiger partial charge in [-0.1, -0.05) is 0 Å². The molecule has 0 bridgehead atoms. The Bertz CT molecular complexity index is 1250. The number of amides is 1. The van der Waals surface area contributed by atoms with Crippen molar-refractivity contribution in [3.63, 3.8) is 0 Å². The van der Waals surface area contributed by atoms with Crippen LogP contribution >= 0.6 is 0 Å². The predicted molar refractivity (Wildman–Crippen MR) is 127 cm³/mol. The molecule has 3 atom stereocenters. The van der Waals surface area contributed by atoms with Crippen LogP contribution in [0.1, 0.15) is 42.1 Å². The fraction of sp³-hybridized carbons (Fsp3) is 0.478. The lowest BCUT2D eigenvalue weighted by Crippen LogP contribution is -2.51. The minimum absolute atomic E-state index is 0.0128. The topological polar surface area (TPSA) is 124 Å². The second-order valence-electron chi connectivity index (χ2n) is 8.63. The maximum atomic E-state index is 13.1. The van der Waals surface area contributed by atoms with Gasteiger partial charge in [-0.05, 0) is 37.8 Å². The summed E-state index contributed by atoms with van der Waals surface area (Å²) in [6.07, 6.45) is 6.94. The Labute approximate surface area is 196 Å². The van der Waals surface area contributed by atoms with Gasteiger partial charge in [-0.25, -0.2) is 4.98 Å². The highest BCUT2D eigenvalue weighted by Gasteiger charge is 2.33. The number of pyridine rings is 1. The third-order valence-corrected chi connectivity index (χ3v) is 6.57. The predicted octanol–water partition coefficient (Wildman–Crippen LogP) is 1.93. The van der Waals surface area contributed by atoms with Gasteiger partial charge in [0.05, 0.1) is 31.0 Å². The Morgan fingerprint density at radius 3 is 2.88 bits per heavy atom. The van der Waals surface area contributed by atoms with Crippen LogP contribution in [0.15, 0.2) is 35.4 Å². The maximum Gasteiger partial charge on any atom is 0.274 e. The lowest BCUT2D eigenvalue weighted by atomic mass is 9.89. The first-order valence-corrected chi connectivity index (χ1v) is 11.5. The van der Waals surface area contributed by atoms with Crippen LogP contribution in [0.5, 0.6) is 0 Å². The molecule has 0 spiro atoms. The molecule has 5 rings (SSSR count). The number of methoxy groups -OCH3 is 1. The largest absolute Gasteiger partial charge is 0.379 e. The van der Waals surface area contributed by atoms with Gasteiger partial charge in [0.2, 0.25) is 0 Å². The number of nitrogens with one attached hydrogen (secondary N) is 3. The molecule has 3 aromatic heterocycles. The molecule has 1 saturated carbocycles. The van der Waals surface area contributed by atoms with Crippen molar-refractivity contribution in [3.8, 4) is 0 Å². The van der Waals surface area contributed by atoms with Gasteiger partial charge in [-0.15, -0.1) is 0 Å². The van der Waals surface area contributed by atoms with Crippen molar-refractivity contribution < 1.29 is 14.3 Å². The van der Waals surface area contributed by atoms with E-state index in [2.05, 4.69) is 26.0 Å². The first-order chi connectivity index (χ1) is 16.6. The normalized spacial score (nSPS) is 22.2. The molecule has 0 radical (unpaired) electrons. The molecule has 3 N–H and O–H groups in total. The number of nitrogens with zero attached hydrogens (tertiary/aromatic N) is 4. The van der Waals surface area contributed by atoms with Gasteiger partial charge in [0.1, 0.15) is 22.9 Å². The molecule has 11 nitrogen and oxygen atoms in total. The molecular weight excluding hydrogens is 438 g/mol. The molecule has 2 aliphatic rings. The molecule has 3 aromatic rings. The highest BCUT2D eigenvalue weighted by atomic mass is 16.5. The molecule has 4 heterocycles. The molecule has 1 aliphatic heterocycles. The summed E-state index contributed by atoms with van der Waals surface area (Å²) in [6.45, 7) is 1.25. The van der Waals surface area contributed by atoms with Crippen molar-refractivity contribution >= 4 is 28.9 Å². The molecule has 2 fully saturated rings. The summed E-state index contributed by atoms with van der Waals surface area (Å²) < 4.78 is 14.2. The van der Waals surface area contributed by atoms with Gasteiger partial charge in [0.25, 0.3) is 11.5 Å². The number of hydrogen-bond acceptors (Lipinski definition) is 8. The quantitative estimate of drug-likeness (QED) is 0.482. The van der Waals surface area contributed by atoms with Crippen LogP contribution in [-0.2, 0) is 9.47 Å². The number of hydrogen-bond donors (Lipinski definition) is 3. The van der Waals surface area contributed by atoms with Crippen molar-refractivity contribution in [1.82, 2.24) is 24.5 Å². The fourth-order valence-corrected chi connectivity index (χ4v) is 4.50. The fourth-order valence-electron chi connectivity index (χ4n) is 4.50. The molecule has 11 heteroatoms. The van der Waals surface area contributed by atoms with E-state index in [1.165, 1.54) is 6.20 Å². The standard InChI is InChI=1S/C23H29N7O4/c1-24-20-11-19(26-17-6-3-9-29(23(17)32)14-5-4-10-34-13-14)28-21-15(12-25-30(20)21)22(31)27-16-7-8-18(16)33-2/h3,6,9,11-12,14,16,18,24H,4-5,7-8,10,13H2,1-2H3,(H,26,28)(H,27,31)/t14-,16?,18+/m0/s1. The molecule has 1 aliphatic carbocycles. The van der Waals surface area contributed by atoms with E-state index in [1.807, 2.05) is 6.07 Å². The van der Waals surface area contributed by atoms with Gasteiger partial charge < -0.3 is 30.0 Å². The van der Waals surface area contributed by atoms with E-state index in [-0.39, 0.29) is 29.7 Å². The number of carbonyl (C=O) groups excluding carboxylic acids is 1. The zero-order valence-corrected chi connectivity index (χ0v) is 19.3. The molecule has 1 amide bonds. The monoisotopic (exact) mass is 467 g/mol. The Kier molecular flexibility index (Phi) is 6.20. The van der Waals surface area contributed by atoms with Crippen molar-refractivity contribution in [1.29, 1.82) is 0 Å². The lowest BCUT2D eigenvalue weighted by Gasteiger charge is -2.35. The Balaban J connectivity index is 1.44. The maximum absolute atomic E-state index is 13.1. The van der Waals surface area contributed by atoms with Crippen LogP contribution in [-0.4, -0.2) is 64.6 Å². The van der Waals surface area contributed by atoms with E-state index in [4.69, 9.17) is 9.47 Å². The Morgan fingerprint density at radius 1 is 1.29 bits per heavy atom. The van der Waals surface area contributed by atoms with Crippen LogP contribution < -0.4 is 21.5 Å². The smallest absolute Gasteiger partial charge is 0.274 e. The van der Waals surface area contributed by atoms with E-state index in [1.54, 1.807) is 41.6 Å². The molecule has 34 heavy (non-hydrogen) atoms. The van der Waals surface area contributed by atoms with Gasteiger partial charge >= 0.3 is 0 Å². The highest BCUT2D eigenvalue weighted by Crippen LogP contribution is 2.25. The average Bonchev–Trinajstić information content (AvgIpc) is 3.27. The average molecular weight is 468 g/mol. The molecule has 180 valence electrons. The van der Waals surface area contributed by atoms with Crippen LogP contribution in [0.3, 0.4) is 0 Å². The molecular formula is C23H29N7O4. The first-order valence-electron chi connectivity index (χ1n) is 11.5. The van der Waals surface area contributed by atoms with Crippen molar-refractivity contribution in [2.24, 2.45) is 0 Å². The number of ether oxygens (including phenoxy) is 2. The van der Waals surface area contributed by atoms with Crippen LogP contribution in [0.4, 0.5) is 17.3 Å². The number of anilines is 3. The Hall–Kier alpha value is -3.44. The summed E-state index contributed by atoms with van der Waals surface area (Å²) in [4.78, 5) is 30.7. The molecule has 1 saturated heterocycles. The third kappa shape index (κ3) is 4.12. The zero-order valence-electron chi connectivity index (χ0n) is 19.3. The van der Waals surface area contributed by atoms with Crippen molar-refractivity contribution in [3.05, 3.63) is 46.5 Å². The number of carbonyl (C=O) groups is 1. The summed E-state index contributed by atoms with van der Waals surface area (Å²) in [6, 6.07) is 5.29. The van der Waals surface area contributed by atoms with Crippen molar-refractivity contribution in [2.45, 2.75) is 43.9 Å². The van der Waals surface area contributed by atoms with E-state index >= 15 is 0 Å². The van der Waals surface area contributed by atoms with Gasteiger partial charge in [-0.2, -0.15) is 9.61 Å². The summed E-state index contributed by atoms with van der Waals surface area (Å²) in [5, 5.41) is 13.6. The number of aromatic nitrogens is 4. The Morgan fingerprint density at radius 2 is 2.18 bits per heavy atom. The number of fused-ring (bicyclic) bond motifs is 1. The second kappa shape index (κ2) is 9.43. The van der Waals surface area contributed by atoms with Gasteiger partial charge in [0, 0.05) is 33.0 Å². The van der Waals surface area contributed by atoms with Crippen molar-refractivity contribution in [2.75, 3.05) is 38.0 Å². The van der Waals surface area contributed by atoms with Crippen LogP contribution in [0, 0.1) is 0 Å². The molecule has 0 aromatic carbocycles. The van der Waals surface area contributed by atoms with E-state index in [0.717, 1.165) is 32.3 Å². The number of rotatable bonds is 7. The van der Waals surface area contributed by atoms with Gasteiger partial charge in [0.15, 0.2) is 5.65 Å². The summed E-state index contributed by atoms with van der Waals surface area (Å²) in [7, 11) is 3.41. The van der Waals surface area contributed by atoms with E-state index < -0.39 is 0 Å². The summed E-state index contributed by atoms with van der Waals surface area (Å²) in [5.74, 6) is 0.800. The second-order valence-corrected chi connectivity index (χ2v) is 8.63. The van der Waals surface area contributed by atoms with E-state index in [0.29, 0.717) is 35.1 Å². The highest BCUT2D eigenvalue weighted by molar-refractivity contribution is 6.00. The molecule has 1 unspecified atom stereocenters. The minimum atomic E-state index is -0.257. The minimum Gasteiger partial charge on any atom is -0.379 e. The van der Waals surface area contributed by atoms with Crippen LogP contribution in [0.2, 0.25) is 0 Å². The zero-order chi connectivity index (χ0) is 23.7. The summed E-state index contributed by atoms with van der Waals surface area (Å²) in [5.41, 5.74) is 0.992.